The second-order valence-electron chi connectivity index (χ2n) is 11.2. The Morgan fingerprint density at radius 1 is 0.667 bits per heavy atom. The van der Waals surface area contributed by atoms with Gasteiger partial charge in [-0.05, 0) is 81.8 Å². The second kappa shape index (κ2) is 24.7. The van der Waals surface area contributed by atoms with Gasteiger partial charge < -0.3 is 10.1 Å². The van der Waals surface area contributed by atoms with Crippen molar-refractivity contribution >= 4 is 35.2 Å². The predicted molar refractivity (Wildman–Crippen MR) is 196 cm³/mol. The van der Waals surface area contributed by atoms with Crippen LogP contribution >= 0.6 is 11.6 Å². The number of benzene rings is 2. The number of pyridine rings is 2. The van der Waals surface area contributed by atoms with Crippen LogP contribution in [0.2, 0.25) is 5.02 Å². The van der Waals surface area contributed by atoms with E-state index >= 15 is 0 Å². The lowest BCUT2D eigenvalue weighted by Gasteiger charge is -2.10. The normalized spacial score (nSPS) is 10.1. The number of hydrogen-bond donors (Lipinski definition) is 7. The summed E-state index contributed by atoms with van der Waals surface area (Å²) < 4.78 is 5.24. The van der Waals surface area contributed by atoms with E-state index in [1.54, 1.807) is 73.3 Å². The number of nitrogens with zero attached hydrogens (tertiary/aromatic N) is 2. The average molecular weight is 720 g/mol. The van der Waals surface area contributed by atoms with E-state index in [1.807, 2.05) is 58.0 Å². The molecule has 272 valence electrons. The Morgan fingerprint density at radius 2 is 1.20 bits per heavy atom. The van der Waals surface area contributed by atoms with Gasteiger partial charge in [0.05, 0.1) is 0 Å². The van der Waals surface area contributed by atoms with Crippen LogP contribution in [0, 0.1) is 0 Å². The smallest absolute Gasteiger partial charge is 0.271 e. The Balaban J connectivity index is 0.000000276. The van der Waals surface area contributed by atoms with Gasteiger partial charge in [-0.3, -0.25) is 45.4 Å². The van der Waals surface area contributed by atoms with Crippen molar-refractivity contribution in [3.8, 4) is 5.75 Å². The summed E-state index contributed by atoms with van der Waals surface area (Å²) in [5, 5.41) is 3.46. The molecule has 0 atom stereocenters. The SMILES string of the molecule is CC(C)NNC(=O)COc1ccc(Cl)cc1.CC(C)NNC(=O)c1ccncc1.O=C(CCNNC(=O)c1ccncc1)NCc1ccccc1. The van der Waals surface area contributed by atoms with Crippen LogP contribution in [-0.4, -0.2) is 58.8 Å². The molecule has 0 aliphatic heterocycles. The summed E-state index contributed by atoms with van der Waals surface area (Å²) in [4.78, 5) is 53.6. The maximum Gasteiger partial charge on any atom is 0.271 e. The molecule has 2 aromatic heterocycles. The molecule has 14 nitrogen and oxygen atoms in total. The summed E-state index contributed by atoms with van der Waals surface area (Å²) in [5.74, 6) is -0.0783. The van der Waals surface area contributed by atoms with E-state index in [1.165, 1.54) is 0 Å². The Kier molecular flexibility index (Phi) is 20.2. The number of aromatic nitrogens is 2. The van der Waals surface area contributed by atoms with E-state index in [9.17, 15) is 19.2 Å². The quantitative estimate of drug-likeness (QED) is 0.0708. The molecule has 15 heteroatoms. The number of carbonyl (C=O) groups is 4. The highest BCUT2D eigenvalue weighted by atomic mass is 35.5. The summed E-state index contributed by atoms with van der Waals surface area (Å²) >= 11 is 5.71. The summed E-state index contributed by atoms with van der Waals surface area (Å²) in [6.07, 6.45) is 6.55. The highest BCUT2D eigenvalue weighted by Crippen LogP contribution is 2.15. The molecule has 0 spiro atoms. The zero-order valence-electron chi connectivity index (χ0n) is 29.1. The maximum atomic E-state index is 11.7. The van der Waals surface area contributed by atoms with Crippen molar-refractivity contribution in [3.63, 3.8) is 0 Å². The molecule has 0 saturated carbocycles. The number of halogens is 1. The third-order valence-electron chi connectivity index (χ3n) is 6.05. The first-order valence-corrected chi connectivity index (χ1v) is 16.5. The molecule has 0 unspecified atom stereocenters. The number of hydrazine groups is 3. The highest BCUT2D eigenvalue weighted by molar-refractivity contribution is 6.30. The summed E-state index contributed by atoms with van der Waals surface area (Å²) in [6.45, 7) is 8.60. The number of hydrogen-bond acceptors (Lipinski definition) is 10. The fourth-order valence-corrected chi connectivity index (χ4v) is 3.63. The van der Waals surface area contributed by atoms with Gasteiger partial charge in [0.15, 0.2) is 6.61 Å². The van der Waals surface area contributed by atoms with Crippen molar-refractivity contribution in [1.82, 2.24) is 47.8 Å². The minimum atomic E-state index is -0.257. The molecule has 7 N–H and O–H groups in total. The number of amides is 4. The van der Waals surface area contributed by atoms with Crippen molar-refractivity contribution in [2.75, 3.05) is 13.2 Å². The van der Waals surface area contributed by atoms with Crippen LogP contribution in [0.1, 0.15) is 60.4 Å². The highest BCUT2D eigenvalue weighted by Gasteiger charge is 2.06. The molecule has 0 radical (unpaired) electrons. The Morgan fingerprint density at radius 3 is 1.75 bits per heavy atom. The van der Waals surface area contributed by atoms with Gasteiger partial charge in [-0.1, -0.05) is 41.9 Å². The molecule has 0 saturated heterocycles. The van der Waals surface area contributed by atoms with Gasteiger partial charge in [-0.25, -0.2) is 16.3 Å². The van der Waals surface area contributed by atoms with E-state index in [0.29, 0.717) is 35.0 Å². The number of ether oxygens (including phenoxy) is 1. The van der Waals surface area contributed by atoms with Crippen LogP contribution < -0.4 is 42.6 Å². The van der Waals surface area contributed by atoms with E-state index in [0.717, 1.165) is 5.56 Å². The molecule has 2 aromatic carbocycles. The van der Waals surface area contributed by atoms with Crippen LogP contribution in [0.5, 0.6) is 5.75 Å². The third-order valence-corrected chi connectivity index (χ3v) is 6.31. The first-order chi connectivity index (χ1) is 24.5. The molecule has 0 aliphatic carbocycles. The van der Waals surface area contributed by atoms with Crippen LogP contribution in [0.3, 0.4) is 0 Å². The Bertz CT molecular complexity index is 1580. The van der Waals surface area contributed by atoms with Gasteiger partial charge in [0.25, 0.3) is 17.7 Å². The van der Waals surface area contributed by atoms with Crippen molar-refractivity contribution in [3.05, 3.63) is 125 Å². The standard InChI is InChI=1S/C16H18N4O2.C11H15ClN2O2.C9H13N3O/c21-15(18-12-13-4-2-1-3-5-13)8-11-19-20-16(22)14-6-9-17-10-7-14;1-8(2)13-14-11(15)7-16-10-5-3-9(12)4-6-10;1-7(2)11-12-9(13)8-3-5-10-6-4-8/h1-7,9-10,19H,8,11-12H2,(H,18,21)(H,20,22);3-6,8,13H,7H2,1-2H3,(H,14,15);3-7,11H,1-2H3,(H,12,13). The predicted octanol–water partition coefficient (Wildman–Crippen LogP) is 3.49. The van der Waals surface area contributed by atoms with Gasteiger partial charge in [-0.2, -0.15) is 0 Å². The van der Waals surface area contributed by atoms with E-state index < -0.39 is 0 Å². The molecule has 4 aromatic rings. The second-order valence-corrected chi connectivity index (χ2v) is 11.6. The van der Waals surface area contributed by atoms with Gasteiger partial charge in [0.2, 0.25) is 5.91 Å². The fourth-order valence-electron chi connectivity index (χ4n) is 3.51. The van der Waals surface area contributed by atoms with Crippen LogP contribution in [0.15, 0.2) is 104 Å². The lowest BCUT2D eigenvalue weighted by atomic mass is 10.2. The van der Waals surface area contributed by atoms with Gasteiger partial charge in [-0.15, -0.1) is 0 Å². The molecule has 51 heavy (non-hydrogen) atoms. The van der Waals surface area contributed by atoms with Crippen LogP contribution in [0.25, 0.3) is 0 Å². The summed E-state index contributed by atoms with van der Waals surface area (Å²) in [6, 6.07) is 23.5. The lowest BCUT2D eigenvalue weighted by molar-refractivity contribution is -0.124. The topological polar surface area (TPSA) is 188 Å². The Hall–Kier alpha value is -5.41. The van der Waals surface area contributed by atoms with Crippen molar-refractivity contribution < 1.29 is 23.9 Å². The lowest BCUT2D eigenvalue weighted by Crippen LogP contribution is -2.43. The minimum absolute atomic E-state index is 0.0264. The largest absolute Gasteiger partial charge is 0.484 e. The molecular formula is C36H46ClN9O5. The summed E-state index contributed by atoms with van der Waals surface area (Å²) in [5.41, 5.74) is 18.1. The monoisotopic (exact) mass is 719 g/mol. The van der Waals surface area contributed by atoms with Gasteiger partial charge >= 0.3 is 0 Å². The molecule has 0 bridgehead atoms. The minimum Gasteiger partial charge on any atom is -0.484 e. The fraction of sp³-hybridized carbons (Fsp3) is 0.278. The van der Waals surface area contributed by atoms with E-state index in [4.69, 9.17) is 16.3 Å². The molecule has 4 amide bonds. The van der Waals surface area contributed by atoms with Crippen molar-refractivity contribution in [2.24, 2.45) is 0 Å². The van der Waals surface area contributed by atoms with E-state index in [2.05, 4.69) is 47.8 Å². The summed E-state index contributed by atoms with van der Waals surface area (Å²) in [7, 11) is 0. The molecule has 0 aliphatic rings. The first-order valence-electron chi connectivity index (χ1n) is 16.2. The van der Waals surface area contributed by atoms with Gasteiger partial charge in [0.1, 0.15) is 5.75 Å². The molecule has 0 fully saturated rings. The van der Waals surface area contributed by atoms with Crippen LogP contribution in [0.4, 0.5) is 0 Å². The molecule has 4 rings (SSSR count). The van der Waals surface area contributed by atoms with Crippen molar-refractivity contribution in [2.45, 2.75) is 52.7 Å². The maximum absolute atomic E-state index is 11.7. The number of rotatable bonds is 15. The zero-order valence-corrected chi connectivity index (χ0v) is 29.9. The Labute approximate surface area is 303 Å². The molecule has 2 heterocycles. The van der Waals surface area contributed by atoms with Gasteiger partial charge in [0, 0.05) is 72.5 Å². The average Bonchev–Trinajstić information content (AvgIpc) is 3.15. The van der Waals surface area contributed by atoms with Crippen molar-refractivity contribution in [1.29, 1.82) is 0 Å². The zero-order chi connectivity index (χ0) is 37.3. The number of nitrogens with one attached hydrogen (secondary N) is 7. The van der Waals surface area contributed by atoms with E-state index in [-0.39, 0.29) is 48.7 Å². The first kappa shape index (κ1) is 41.8. The third kappa shape index (κ3) is 20.0. The number of carbonyl (C=O) groups excluding carboxylic acids is 4. The molecular weight excluding hydrogens is 674 g/mol. The van der Waals surface area contributed by atoms with Crippen LogP contribution in [-0.2, 0) is 16.1 Å².